The number of amides is 2. The molecule has 0 radical (unpaired) electrons. The highest BCUT2D eigenvalue weighted by Gasteiger charge is 2.57. The predicted molar refractivity (Wildman–Crippen MR) is 95.5 cm³/mol. The zero-order chi connectivity index (χ0) is 18.0. The third-order valence-electron chi connectivity index (χ3n) is 5.78. The van der Waals surface area contributed by atoms with Crippen LogP contribution in [0.4, 0.5) is 0 Å². The first-order valence-corrected chi connectivity index (χ1v) is 8.97. The molecule has 1 aliphatic carbocycles. The van der Waals surface area contributed by atoms with E-state index in [1.807, 2.05) is 37.3 Å². The Hall–Kier alpha value is -2.30. The van der Waals surface area contributed by atoms with Crippen LogP contribution >= 0.6 is 0 Å². The average Bonchev–Trinajstić information content (AvgIpc) is 3.29. The van der Waals surface area contributed by atoms with E-state index in [0.29, 0.717) is 0 Å². The smallest absolute Gasteiger partial charge is 0.285 e. The molecule has 1 aliphatic heterocycles. The maximum Gasteiger partial charge on any atom is 0.285 e. The van der Waals surface area contributed by atoms with E-state index in [0.717, 1.165) is 31.2 Å². The second kappa shape index (κ2) is 6.90. The van der Waals surface area contributed by atoms with Crippen molar-refractivity contribution in [2.75, 3.05) is 7.05 Å². The third-order valence-corrected chi connectivity index (χ3v) is 5.78. The van der Waals surface area contributed by atoms with Crippen LogP contribution < -0.4 is 11.1 Å². The lowest BCUT2D eigenvalue weighted by Gasteiger charge is -2.38. The van der Waals surface area contributed by atoms with Gasteiger partial charge in [-0.15, -0.1) is 0 Å². The standard InChI is InChI=1S/C20H26N2O3/c1-13(14-8-4-3-5-9-14)17-20(19(21)24,15-10-6-7-11-15)12-16(25-17)18(23)22-2/h3-5,8-9,12-13,15,17H,6-7,10-11H2,1-2H3,(H2,21,24)(H,22,23). The van der Waals surface area contributed by atoms with Gasteiger partial charge in [-0.05, 0) is 30.4 Å². The summed E-state index contributed by atoms with van der Waals surface area (Å²) < 4.78 is 6.07. The summed E-state index contributed by atoms with van der Waals surface area (Å²) in [7, 11) is 1.56. The lowest BCUT2D eigenvalue weighted by atomic mass is 9.66. The van der Waals surface area contributed by atoms with Crippen molar-refractivity contribution in [1.29, 1.82) is 0 Å². The number of hydrogen-bond donors (Lipinski definition) is 2. The van der Waals surface area contributed by atoms with Crippen LogP contribution in [-0.4, -0.2) is 25.0 Å². The van der Waals surface area contributed by atoms with Crippen molar-refractivity contribution in [3.63, 3.8) is 0 Å². The number of benzene rings is 1. The van der Waals surface area contributed by atoms with Gasteiger partial charge in [-0.25, -0.2) is 0 Å². The Morgan fingerprint density at radius 2 is 1.88 bits per heavy atom. The number of carbonyl (C=O) groups is 2. The summed E-state index contributed by atoms with van der Waals surface area (Å²) >= 11 is 0. The van der Waals surface area contributed by atoms with E-state index in [1.165, 1.54) is 0 Å². The van der Waals surface area contributed by atoms with Crippen LogP contribution in [0.3, 0.4) is 0 Å². The molecule has 1 fully saturated rings. The molecule has 1 saturated carbocycles. The number of ether oxygens (including phenoxy) is 1. The molecule has 1 heterocycles. The summed E-state index contributed by atoms with van der Waals surface area (Å²) in [6.45, 7) is 2.03. The molecule has 3 rings (SSSR count). The largest absolute Gasteiger partial charge is 0.483 e. The number of primary amides is 1. The molecule has 3 unspecified atom stereocenters. The minimum Gasteiger partial charge on any atom is -0.483 e. The van der Waals surface area contributed by atoms with E-state index in [1.54, 1.807) is 13.1 Å². The van der Waals surface area contributed by atoms with Crippen LogP contribution in [-0.2, 0) is 14.3 Å². The molecule has 5 heteroatoms. The van der Waals surface area contributed by atoms with Gasteiger partial charge in [0, 0.05) is 13.0 Å². The molecule has 134 valence electrons. The molecule has 25 heavy (non-hydrogen) atoms. The Labute approximate surface area is 148 Å². The lowest BCUT2D eigenvalue weighted by molar-refractivity contribution is -0.135. The number of likely N-dealkylation sites (N-methyl/N-ethyl adjacent to an activating group) is 1. The fraction of sp³-hybridized carbons (Fsp3) is 0.500. The normalized spacial score (nSPS) is 27.4. The SMILES string of the molecule is CNC(=O)C1=CC(C(N)=O)(C2CCCC2)C(C(C)c2ccccc2)O1. The lowest BCUT2D eigenvalue weighted by Crippen LogP contribution is -2.50. The highest BCUT2D eigenvalue weighted by Crippen LogP contribution is 2.52. The van der Waals surface area contributed by atoms with E-state index < -0.39 is 17.4 Å². The summed E-state index contributed by atoms with van der Waals surface area (Å²) in [6, 6.07) is 9.93. The average molecular weight is 342 g/mol. The molecule has 0 saturated heterocycles. The monoisotopic (exact) mass is 342 g/mol. The molecule has 0 spiro atoms. The van der Waals surface area contributed by atoms with Gasteiger partial charge in [0.05, 0.1) is 0 Å². The summed E-state index contributed by atoms with van der Waals surface area (Å²) in [6.07, 6.45) is 5.26. The Morgan fingerprint density at radius 1 is 1.24 bits per heavy atom. The van der Waals surface area contributed by atoms with Gasteiger partial charge in [-0.1, -0.05) is 50.1 Å². The second-order valence-electron chi connectivity index (χ2n) is 7.10. The van der Waals surface area contributed by atoms with Gasteiger partial charge in [0.2, 0.25) is 5.91 Å². The molecule has 0 aromatic heterocycles. The molecule has 2 aliphatic rings. The summed E-state index contributed by atoms with van der Waals surface area (Å²) in [5, 5.41) is 2.59. The molecule has 0 bridgehead atoms. The van der Waals surface area contributed by atoms with Gasteiger partial charge < -0.3 is 15.8 Å². The van der Waals surface area contributed by atoms with Crippen LogP contribution in [0.1, 0.15) is 44.1 Å². The third kappa shape index (κ3) is 2.92. The predicted octanol–water partition coefficient (Wildman–Crippen LogP) is 2.48. The number of rotatable bonds is 5. The molecular formula is C20H26N2O3. The molecule has 1 aromatic rings. The summed E-state index contributed by atoms with van der Waals surface area (Å²) in [5.74, 6) is -0.450. The molecular weight excluding hydrogens is 316 g/mol. The van der Waals surface area contributed by atoms with Crippen molar-refractivity contribution in [2.45, 2.75) is 44.6 Å². The minimum atomic E-state index is -0.937. The topological polar surface area (TPSA) is 81.4 Å². The highest BCUT2D eigenvalue weighted by molar-refractivity contribution is 5.95. The maximum atomic E-state index is 12.7. The van der Waals surface area contributed by atoms with Crippen LogP contribution in [0.25, 0.3) is 0 Å². The van der Waals surface area contributed by atoms with Crippen LogP contribution in [0.15, 0.2) is 42.2 Å². The number of hydrogen-bond acceptors (Lipinski definition) is 3. The zero-order valence-electron chi connectivity index (χ0n) is 14.8. The van der Waals surface area contributed by atoms with Crippen molar-refractivity contribution in [3.8, 4) is 0 Å². The first kappa shape index (κ1) is 17.5. The number of nitrogens with two attached hydrogens (primary N) is 1. The fourth-order valence-corrected chi connectivity index (χ4v) is 4.42. The Balaban J connectivity index is 2.05. The second-order valence-corrected chi connectivity index (χ2v) is 7.10. The van der Waals surface area contributed by atoms with E-state index in [-0.39, 0.29) is 23.5 Å². The Bertz CT molecular complexity index is 679. The van der Waals surface area contributed by atoms with Gasteiger partial charge in [-0.2, -0.15) is 0 Å². The van der Waals surface area contributed by atoms with Gasteiger partial charge in [0.25, 0.3) is 5.91 Å². The first-order valence-electron chi connectivity index (χ1n) is 8.97. The zero-order valence-corrected chi connectivity index (χ0v) is 14.8. The first-order chi connectivity index (χ1) is 12.0. The van der Waals surface area contributed by atoms with Gasteiger partial charge >= 0.3 is 0 Å². The van der Waals surface area contributed by atoms with Gasteiger partial charge in [0.15, 0.2) is 5.76 Å². The summed E-state index contributed by atoms with van der Waals surface area (Å²) in [4.78, 5) is 24.9. The van der Waals surface area contributed by atoms with Crippen molar-refractivity contribution >= 4 is 11.8 Å². The van der Waals surface area contributed by atoms with Crippen LogP contribution in [0.5, 0.6) is 0 Å². The van der Waals surface area contributed by atoms with Crippen molar-refractivity contribution in [3.05, 3.63) is 47.7 Å². The fourth-order valence-electron chi connectivity index (χ4n) is 4.42. The van der Waals surface area contributed by atoms with E-state index >= 15 is 0 Å². The molecule has 1 aromatic carbocycles. The van der Waals surface area contributed by atoms with Crippen LogP contribution in [0.2, 0.25) is 0 Å². The maximum absolute atomic E-state index is 12.7. The van der Waals surface area contributed by atoms with Crippen molar-refractivity contribution in [2.24, 2.45) is 17.1 Å². The van der Waals surface area contributed by atoms with E-state index in [4.69, 9.17) is 10.5 Å². The van der Waals surface area contributed by atoms with E-state index in [2.05, 4.69) is 5.32 Å². The highest BCUT2D eigenvalue weighted by atomic mass is 16.5. The number of carbonyl (C=O) groups excluding carboxylic acids is 2. The van der Waals surface area contributed by atoms with Gasteiger partial charge in [-0.3, -0.25) is 9.59 Å². The quantitative estimate of drug-likeness (QED) is 0.862. The number of nitrogens with one attached hydrogen (secondary N) is 1. The minimum absolute atomic E-state index is 0.0623. The molecule has 2 amide bonds. The summed E-state index contributed by atoms with van der Waals surface area (Å²) in [5.41, 5.74) is 6.06. The van der Waals surface area contributed by atoms with Crippen molar-refractivity contribution < 1.29 is 14.3 Å². The Morgan fingerprint density at radius 3 is 2.44 bits per heavy atom. The van der Waals surface area contributed by atoms with E-state index in [9.17, 15) is 9.59 Å². The van der Waals surface area contributed by atoms with Gasteiger partial charge in [0.1, 0.15) is 11.5 Å². The molecule has 5 nitrogen and oxygen atoms in total. The molecule has 3 N–H and O–H groups in total. The molecule has 3 atom stereocenters. The van der Waals surface area contributed by atoms with Crippen LogP contribution in [0, 0.1) is 11.3 Å². The Kier molecular flexibility index (Phi) is 4.84. The van der Waals surface area contributed by atoms with Crippen molar-refractivity contribution in [1.82, 2.24) is 5.32 Å².